The number of nitrogens with one attached hydrogen (secondary N) is 3. The minimum Gasteiger partial charge on any atom is -0.384 e. The fourth-order valence-electron chi connectivity index (χ4n) is 11.4. The molecule has 5 amide bonds. The van der Waals surface area contributed by atoms with Crippen molar-refractivity contribution in [2.75, 3.05) is 17.2 Å². The predicted octanol–water partition coefficient (Wildman–Crippen LogP) is 11.3. The third-order valence-corrected chi connectivity index (χ3v) is 17.0. The SMILES string of the molecule is Cc1cc(N)nc(C)c1CNC(=O)c1cc(C#N)nc(Cc2ccc3ncc(Cl)cc3c2)c1.Cc1cc(N)nc(C)c1CNC(=O)c1cc(Cc2ccc3ncc(Cl)cc3c2)nc(C(N)=O)c1.Cc1cc(N)nc(C)c1CNC(=O)c1cc(Cc2ccc3ncc(Cl)cc3c2)nc(C(N)=O)c1. The lowest BCUT2D eigenvalue weighted by Crippen LogP contribution is -2.25. The molecule has 9 aromatic heterocycles. The molecule has 0 atom stereocenters. The lowest BCUT2D eigenvalue weighted by atomic mass is 10.0. The molecule has 0 radical (unpaired) electrons. The van der Waals surface area contributed by atoms with Gasteiger partial charge in [0.05, 0.1) is 31.6 Å². The Hall–Kier alpha value is -12.1. The average molecular weight is 1410 g/mol. The molecule has 3 aromatic carbocycles. The first-order valence-corrected chi connectivity index (χ1v) is 32.5. The van der Waals surface area contributed by atoms with Crippen LogP contribution in [0.3, 0.4) is 0 Å². The standard InChI is InChI=1S/2C25H23ClN6O2.C25H21ClN6O/c2*1-13-5-23(27)31-14(2)20(13)12-30-25(34)17-9-19(32-22(10-17)24(28)33)7-15-3-4-21-16(6-15)8-18(26)11-29-21;1-14-5-24(28)31-15(2)22(14)13-30-25(33)18-9-20(32-21(10-18)11-27)7-16-3-4-23-17(6-16)8-19(26)12-29-23/h2*3-6,8-11H,7,12H2,1-2H3,(H2,27,31)(H2,28,33)(H,30,34);3-6,8-10,12H,7,13H2,1-2H3,(H2,28,31)(H,30,33). The van der Waals surface area contributed by atoms with Gasteiger partial charge >= 0.3 is 0 Å². The third kappa shape index (κ3) is 18.6. The summed E-state index contributed by atoms with van der Waals surface area (Å²) in [5.41, 5.74) is 44.3. The van der Waals surface area contributed by atoms with E-state index >= 15 is 0 Å². The first-order chi connectivity index (χ1) is 48.2. The third-order valence-electron chi connectivity index (χ3n) is 16.3. The Kier molecular flexibility index (Phi) is 22.4. The molecule has 0 saturated heterocycles. The zero-order valence-electron chi connectivity index (χ0n) is 55.6. The van der Waals surface area contributed by atoms with Crippen molar-refractivity contribution in [2.45, 2.75) is 80.4 Å². The van der Waals surface area contributed by atoms with Crippen LogP contribution in [0.15, 0.2) is 146 Å². The summed E-state index contributed by atoms with van der Waals surface area (Å²) in [4.78, 5) is 101. The Bertz CT molecular complexity index is 5050. The lowest BCUT2D eigenvalue weighted by Gasteiger charge is -2.12. The van der Waals surface area contributed by atoms with Crippen LogP contribution >= 0.6 is 34.8 Å². The van der Waals surface area contributed by atoms with Gasteiger partial charge in [0.15, 0.2) is 0 Å². The van der Waals surface area contributed by atoms with Crippen LogP contribution in [-0.4, -0.2) is 74.4 Å². The van der Waals surface area contributed by atoms with E-state index in [0.717, 1.165) is 99.9 Å². The summed E-state index contributed by atoms with van der Waals surface area (Å²) >= 11 is 18.2. The fraction of sp³-hybridized carbons (Fsp3) is 0.160. The van der Waals surface area contributed by atoms with E-state index in [-0.39, 0.29) is 47.9 Å². The smallest absolute Gasteiger partial charge is 0.267 e. The molecular formula is C75H67Cl3N18O5. The zero-order chi connectivity index (χ0) is 72.3. The summed E-state index contributed by atoms with van der Waals surface area (Å²) in [5.74, 6) is -1.10. The summed E-state index contributed by atoms with van der Waals surface area (Å²) in [6.07, 6.45) is 6.04. The van der Waals surface area contributed by atoms with E-state index in [1.165, 1.54) is 18.2 Å². The van der Waals surface area contributed by atoms with Gasteiger partial charge in [0.25, 0.3) is 29.5 Å². The van der Waals surface area contributed by atoms with E-state index in [2.05, 4.69) is 60.8 Å². The normalized spacial score (nSPS) is 10.9. The highest BCUT2D eigenvalue weighted by molar-refractivity contribution is 6.31. The average Bonchev–Trinajstić information content (AvgIpc) is 0.830. The van der Waals surface area contributed by atoms with Crippen LogP contribution in [0.5, 0.6) is 0 Å². The van der Waals surface area contributed by atoms with Gasteiger partial charge in [-0.2, -0.15) is 5.26 Å². The molecule has 0 unspecified atom stereocenters. The number of aryl methyl sites for hydroxylation is 6. The van der Waals surface area contributed by atoms with Gasteiger partial charge in [-0.05, 0) is 201 Å². The molecule has 0 aliphatic carbocycles. The number of benzene rings is 3. The van der Waals surface area contributed by atoms with Gasteiger partial charge in [0, 0.05) is 124 Å². The molecule has 23 nitrogen and oxygen atoms in total. The highest BCUT2D eigenvalue weighted by Gasteiger charge is 2.19. The Labute approximate surface area is 595 Å². The summed E-state index contributed by atoms with van der Waals surface area (Å²) in [5, 5.41) is 22.4. The lowest BCUT2D eigenvalue weighted by molar-refractivity contribution is 0.0941. The van der Waals surface area contributed by atoms with E-state index in [1.54, 1.807) is 55.0 Å². The van der Waals surface area contributed by atoms with Crippen molar-refractivity contribution in [2.24, 2.45) is 11.5 Å². The van der Waals surface area contributed by atoms with E-state index in [1.807, 2.05) is 120 Å². The number of halogens is 3. The minimum atomic E-state index is -0.709. The number of fused-ring (bicyclic) bond motifs is 3. The molecule has 12 aromatic rings. The number of hydrogen-bond donors (Lipinski definition) is 8. The van der Waals surface area contributed by atoms with Crippen molar-refractivity contribution in [1.29, 1.82) is 5.26 Å². The number of nitrogens with two attached hydrogens (primary N) is 5. The number of hydrogen-bond acceptors (Lipinski definition) is 18. The number of nitrogen functional groups attached to an aromatic ring is 3. The van der Waals surface area contributed by atoms with Gasteiger partial charge in [-0.25, -0.2) is 29.9 Å². The number of amides is 5. The highest BCUT2D eigenvalue weighted by Crippen LogP contribution is 2.26. The first-order valence-electron chi connectivity index (χ1n) is 31.4. The van der Waals surface area contributed by atoms with Gasteiger partial charge in [0.2, 0.25) is 0 Å². The van der Waals surface area contributed by atoms with Crippen LogP contribution in [0.4, 0.5) is 17.5 Å². The number of anilines is 3. The summed E-state index contributed by atoms with van der Waals surface area (Å²) in [6.45, 7) is 12.1. The molecule has 101 heavy (non-hydrogen) atoms. The summed E-state index contributed by atoms with van der Waals surface area (Å²) < 4.78 is 0. The van der Waals surface area contributed by atoms with Crippen LogP contribution in [0, 0.1) is 52.9 Å². The number of nitriles is 1. The maximum absolute atomic E-state index is 12.9. The monoisotopic (exact) mass is 1400 g/mol. The number of carbonyl (C=O) groups excluding carboxylic acids is 5. The van der Waals surface area contributed by atoms with Gasteiger partial charge in [-0.3, -0.25) is 38.9 Å². The second-order valence-electron chi connectivity index (χ2n) is 23.9. The Morgan fingerprint density at radius 2 is 0.713 bits per heavy atom. The number of pyridine rings is 9. The molecule has 12 rings (SSSR count). The molecule has 0 aliphatic heterocycles. The van der Waals surface area contributed by atoms with Gasteiger partial charge in [-0.15, -0.1) is 0 Å². The quantitative estimate of drug-likeness (QED) is 0.0420. The van der Waals surface area contributed by atoms with E-state index in [0.29, 0.717) is 92.1 Å². The van der Waals surface area contributed by atoms with Crippen molar-refractivity contribution in [3.05, 3.63) is 279 Å². The van der Waals surface area contributed by atoms with E-state index < -0.39 is 11.8 Å². The van der Waals surface area contributed by atoms with Crippen molar-refractivity contribution in [3.8, 4) is 6.07 Å². The van der Waals surface area contributed by atoms with Gasteiger partial charge in [-0.1, -0.05) is 53.0 Å². The number of aromatic nitrogens is 9. The fourth-order valence-corrected chi connectivity index (χ4v) is 11.9. The molecule has 0 bridgehead atoms. The number of carbonyl (C=O) groups is 5. The zero-order valence-corrected chi connectivity index (χ0v) is 57.9. The first kappa shape index (κ1) is 71.7. The molecule has 0 fully saturated rings. The maximum atomic E-state index is 12.9. The molecular weight excluding hydrogens is 1340 g/mol. The molecule has 508 valence electrons. The van der Waals surface area contributed by atoms with E-state index in [9.17, 15) is 29.2 Å². The largest absolute Gasteiger partial charge is 0.384 e. The van der Waals surface area contributed by atoms with Crippen LogP contribution in [0.1, 0.15) is 142 Å². The number of rotatable bonds is 17. The van der Waals surface area contributed by atoms with Crippen molar-refractivity contribution in [1.82, 2.24) is 60.8 Å². The van der Waals surface area contributed by atoms with Crippen LogP contribution in [-0.2, 0) is 38.9 Å². The molecule has 0 spiro atoms. The Morgan fingerprint density at radius 3 is 1.01 bits per heavy atom. The van der Waals surface area contributed by atoms with E-state index in [4.69, 9.17) is 63.5 Å². The summed E-state index contributed by atoms with van der Waals surface area (Å²) in [7, 11) is 0. The predicted molar refractivity (Wildman–Crippen MR) is 391 cm³/mol. The van der Waals surface area contributed by atoms with Gasteiger partial charge < -0.3 is 44.6 Å². The summed E-state index contributed by atoms with van der Waals surface area (Å²) in [6, 6.07) is 39.5. The number of primary amides is 2. The van der Waals surface area contributed by atoms with Crippen molar-refractivity contribution in [3.63, 3.8) is 0 Å². The second kappa shape index (κ2) is 31.6. The van der Waals surface area contributed by atoms with Crippen molar-refractivity contribution >= 4 is 115 Å². The van der Waals surface area contributed by atoms with Crippen LogP contribution in [0.2, 0.25) is 15.1 Å². The maximum Gasteiger partial charge on any atom is 0.267 e. The van der Waals surface area contributed by atoms with Crippen molar-refractivity contribution < 1.29 is 24.0 Å². The van der Waals surface area contributed by atoms with Crippen LogP contribution < -0.4 is 44.6 Å². The minimum absolute atomic E-state index is 0.0228. The second-order valence-corrected chi connectivity index (χ2v) is 25.3. The molecule has 26 heteroatoms. The van der Waals surface area contributed by atoms with Gasteiger partial charge in [0.1, 0.15) is 40.6 Å². The number of nitrogens with zero attached hydrogens (tertiary/aromatic N) is 10. The molecule has 9 heterocycles. The topological polar surface area (TPSA) is 391 Å². The van der Waals surface area contributed by atoms with Crippen LogP contribution in [0.25, 0.3) is 32.7 Å². The Balaban J connectivity index is 0.000000163. The Morgan fingerprint density at radius 1 is 0.406 bits per heavy atom. The highest BCUT2D eigenvalue weighted by atomic mass is 35.5. The molecule has 0 saturated carbocycles. The molecule has 0 aliphatic rings. The molecule has 13 N–H and O–H groups in total.